The van der Waals surface area contributed by atoms with Crippen LogP contribution in [0.5, 0.6) is 0 Å². The quantitative estimate of drug-likeness (QED) is 0.351. The Hall–Kier alpha value is -2.04. The Morgan fingerprint density at radius 1 is 1.47 bits per heavy atom. The number of hydrogen-bond acceptors (Lipinski definition) is 4. The summed E-state index contributed by atoms with van der Waals surface area (Å²) in [7, 11) is 0. The summed E-state index contributed by atoms with van der Waals surface area (Å²) in [6.45, 7) is 0.324. The van der Waals surface area contributed by atoms with Crippen molar-refractivity contribution in [3.8, 4) is 0 Å². The summed E-state index contributed by atoms with van der Waals surface area (Å²) < 4.78 is 5.02. The molecule has 1 aromatic rings. The molecule has 6 heteroatoms. The average molecular weight is 234 g/mol. The molecular formula is C11H14N4O2. The molecule has 1 aromatic carbocycles. The zero-order valence-electron chi connectivity index (χ0n) is 9.32. The molecule has 0 amide bonds. The van der Waals surface area contributed by atoms with E-state index in [-0.39, 0.29) is 19.6 Å². The van der Waals surface area contributed by atoms with Crippen molar-refractivity contribution in [1.29, 1.82) is 0 Å². The first kappa shape index (κ1) is 13.0. The van der Waals surface area contributed by atoms with Gasteiger partial charge in [-0.15, -0.1) is 0 Å². The van der Waals surface area contributed by atoms with Crippen LogP contribution in [0.15, 0.2) is 35.4 Å². The van der Waals surface area contributed by atoms with Crippen LogP contribution in [-0.4, -0.2) is 18.6 Å². The van der Waals surface area contributed by atoms with Crippen molar-refractivity contribution in [3.63, 3.8) is 0 Å². The Morgan fingerprint density at radius 2 is 2.18 bits per heavy atom. The first-order valence-electron chi connectivity index (χ1n) is 5.18. The molecule has 2 N–H and O–H groups in total. The maximum absolute atomic E-state index is 11.4. The fourth-order valence-electron chi connectivity index (χ4n) is 1.22. The Labute approximate surface area is 99.0 Å². The molecule has 0 aliphatic carbocycles. The highest BCUT2D eigenvalue weighted by Gasteiger charge is 2.09. The van der Waals surface area contributed by atoms with Crippen LogP contribution in [0.4, 0.5) is 0 Å². The van der Waals surface area contributed by atoms with Gasteiger partial charge in [0.2, 0.25) is 0 Å². The first-order valence-corrected chi connectivity index (χ1v) is 5.18. The number of ether oxygens (including phenoxy) is 1. The molecule has 6 nitrogen and oxygen atoms in total. The lowest BCUT2D eigenvalue weighted by atomic mass is 10.2. The van der Waals surface area contributed by atoms with Gasteiger partial charge in [0.15, 0.2) is 0 Å². The predicted molar refractivity (Wildman–Crippen MR) is 62.8 cm³/mol. The summed E-state index contributed by atoms with van der Waals surface area (Å²) in [6.07, 6.45) is 0.0475. The second kappa shape index (κ2) is 7.27. The predicted octanol–water partition coefficient (Wildman–Crippen LogP) is 1.76. The van der Waals surface area contributed by atoms with Crippen molar-refractivity contribution in [2.75, 3.05) is 6.54 Å². The normalized spacial score (nSPS) is 11.4. The third-order valence-corrected chi connectivity index (χ3v) is 2.05. The van der Waals surface area contributed by atoms with Gasteiger partial charge in [-0.05, 0) is 11.1 Å². The van der Waals surface area contributed by atoms with Crippen LogP contribution in [0.1, 0.15) is 12.0 Å². The molecule has 1 unspecified atom stereocenters. The number of nitrogens with zero attached hydrogens (tertiary/aromatic N) is 3. The monoisotopic (exact) mass is 234 g/mol. The Morgan fingerprint density at radius 3 is 2.82 bits per heavy atom. The SMILES string of the molecule is [N-]=[N+]=NCC(N)CC(=O)OCc1ccccc1. The van der Waals surface area contributed by atoms with Crippen molar-refractivity contribution < 1.29 is 9.53 Å². The van der Waals surface area contributed by atoms with Crippen molar-refractivity contribution in [1.82, 2.24) is 0 Å². The van der Waals surface area contributed by atoms with E-state index >= 15 is 0 Å². The van der Waals surface area contributed by atoms with Gasteiger partial charge in [0.25, 0.3) is 0 Å². The van der Waals surface area contributed by atoms with E-state index in [2.05, 4.69) is 10.0 Å². The minimum atomic E-state index is -0.492. The smallest absolute Gasteiger partial charge is 0.307 e. The van der Waals surface area contributed by atoms with Crippen LogP contribution in [0.25, 0.3) is 10.4 Å². The molecule has 0 bridgehead atoms. The maximum atomic E-state index is 11.4. The van der Waals surface area contributed by atoms with Gasteiger partial charge in [0.1, 0.15) is 6.61 Å². The summed E-state index contributed by atoms with van der Waals surface area (Å²) in [6, 6.07) is 8.88. The molecule has 0 saturated carbocycles. The van der Waals surface area contributed by atoms with Crippen molar-refractivity contribution in [3.05, 3.63) is 46.3 Å². The van der Waals surface area contributed by atoms with Gasteiger partial charge in [-0.2, -0.15) is 0 Å². The van der Waals surface area contributed by atoms with Gasteiger partial charge in [0.05, 0.1) is 6.42 Å². The van der Waals surface area contributed by atoms with E-state index in [9.17, 15) is 4.79 Å². The summed E-state index contributed by atoms with van der Waals surface area (Å²) in [4.78, 5) is 13.9. The van der Waals surface area contributed by atoms with Crippen LogP contribution in [-0.2, 0) is 16.1 Å². The van der Waals surface area contributed by atoms with Gasteiger partial charge in [-0.1, -0.05) is 35.4 Å². The molecule has 1 atom stereocenters. The number of nitrogens with two attached hydrogens (primary N) is 1. The van der Waals surface area contributed by atoms with E-state index in [1.165, 1.54) is 0 Å². The molecule has 0 radical (unpaired) electrons. The van der Waals surface area contributed by atoms with E-state index < -0.39 is 12.0 Å². The number of carbonyl (C=O) groups is 1. The van der Waals surface area contributed by atoms with Crippen LogP contribution in [0.3, 0.4) is 0 Å². The standard InChI is InChI=1S/C11H14N4O2/c12-10(7-14-15-13)6-11(16)17-8-9-4-2-1-3-5-9/h1-5,10H,6-8,12H2. The van der Waals surface area contributed by atoms with Crippen molar-refractivity contribution in [2.24, 2.45) is 10.8 Å². The van der Waals surface area contributed by atoms with Crippen LogP contribution >= 0.6 is 0 Å². The molecule has 0 aliphatic heterocycles. The van der Waals surface area contributed by atoms with Gasteiger partial charge in [-0.3, -0.25) is 4.79 Å². The van der Waals surface area contributed by atoms with Crippen molar-refractivity contribution >= 4 is 5.97 Å². The second-order valence-electron chi connectivity index (χ2n) is 3.52. The molecule has 0 spiro atoms. The van der Waals surface area contributed by atoms with Crippen LogP contribution in [0, 0.1) is 0 Å². The lowest BCUT2D eigenvalue weighted by Crippen LogP contribution is -2.27. The molecule has 0 heterocycles. The Bertz CT molecular complexity index is 401. The molecule has 0 fully saturated rings. The number of hydrogen-bond donors (Lipinski definition) is 1. The highest BCUT2D eigenvalue weighted by Crippen LogP contribution is 2.02. The van der Waals surface area contributed by atoms with E-state index in [0.717, 1.165) is 5.56 Å². The number of rotatable bonds is 6. The molecular weight excluding hydrogens is 220 g/mol. The van der Waals surface area contributed by atoms with Gasteiger partial charge >= 0.3 is 5.97 Å². The third-order valence-electron chi connectivity index (χ3n) is 2.05. The highest BCUT2D eigenvalue weighted by molar-refractivity contribution is 5.70. The topological polar surface area (TPSA) is 101 Å². The lowest BCUT2D eigenvalue weighted by Gasteiger charge is -2.08. The molecule has 0 aromatic heterocycles. The van der Waals surface area contributed by atoms with Crippen LogP contribution in [0.2, 0.25) is 0 Å². The fourth-order valence-corrected chi connectivity index (χ4v) is 1.22. The summed E-state index contributed by atoms with van der Waals surface area (Å²) in [5.41, 5.74) is 14.6. The zero-order chi connectivity index (χ0) is 12.5. The average Bonchev–Trinajstić information content (AvgIpc) is 2.35. The second-order valence-corrected chi connectivity index (χ2v) is 3.52. The summed E-state index contributed by atoms with van der Waals surface area (Å²) >= 11 is 0. The van der Waals surface area contributed by atoms with Crippen molar-refractivity contribution in [2.45, 2.75) is 19.1 Å². The minimum absolute atomic E-state index is 0.0475. The number of azide groups is 1. The first-order chi connectivity index (χ1) is 8.22. The maximum Gasteiger partial charge on any atom is 0.307 e. The molecule has 1 rings (SSSR count). The number of benzene rings is 1. The van der Waals surface area contributed by atoms with E-state index in [1.807, 2.05) is 30.3 Å². The van der Waals surface area contributed by atoms with Gasteiger partial charge in [-0.25, -0.2) is 0 Å². The summed E-state index contributed by atoms with van der Waals surface area (Å²) in [5, 5.41) is 3.29. The number of carbonyl (C=O) groups excluding carboxylic acids is 1. The third kappa shape index (κ3) is 5.55. The largest absolute Gasteiger partial charge is 0.461 e. The number of esters is 1. The van der Waals surface area contributed by atoms with E-state index in [4.69, 9.17) is 16.0 Å². The van der Waals surface area contributed by atoms with E-state index in [0.29, 0.717) is 0 Å². The van der Waals surface area contributed by atoms with Gasteiger partial charge < -0.3 is 10.5 Å². The van der Waals surface area contributed by atoms with Gasteiger partial charge in [0, 0.05) is 17.5 Å². The molecule has 0 aliphatic rings. The summed E-state index contributed by atoms with van der Waals surface area (Å²) in [5.74, 6) is -0.394. The molecule has 0 saturated heterocycles. The minimum Gasteiger partial charge on any atom is -0.461 e. The Kier molecular flexibility index (Phi) is 5.57. The molecule has 90 valence electrons. The lowest BCUT2D eigenvalue weighted by molar-refractivity contribution is -0.145. The van der Waals surface area contributed by atoms with E-state index in [1.54, 1.807) is 0 Å². The molecule has 17 heavy (non-hydrogen) atoms. The highest BCUT2D eigenvalue weighted by atomic mass is 16.5. The fraction of sp³-hybridized carbons (Fsp3) is 0.364. The van der Waals surface area contributed by atoms with Crippen LogP contribution < -0.4 is 5.73 Å². The zero-order valence-corrected chi connectivity index (χ0v) is 9.32. The Balaban J connectivity index is 2.28.